The highest BCUT2D eigenvalue weighted by Crippen LogP contribution is 2.35. The number of nitrogens with two attached hydrogens (primary N) is 1. The first-order chi connectivity index (χ1) is 11.0. The predicted molar refractivity (Wildman–Crippen MR) is 91.7 cm³/mol. The second-order valence-corrected chi connectivity index (χ2v) is 8.09. The summed E-state index contributed by atoms with van der Waals surface area (Å²) in [4.78, 5) is 0.363. The van der Waals surface area contributed by atoms with E-state index in [1.54, 1.807) is 22.5 Å². The highest BCUT2D eigenvalue weighted by atomic mass is 32.2. The topological polar surface area (TPSA) is 63.4 Å². The summed E-state index contributed by atoms with van der Waals surface area (Å²) >= 11 is 0. The van der Waals surface area contributed by atoms with E-state index in [0.717, 1.165) is 11.1 Å². The van der Waals surface area contributed by atoms with Gasteiger partial charge < -0.3 is 5.73 Å². The first kappa shape index (κ1) is 16.2. The molecule has 0 saturated carbocycles. The molecule has 0 unspecified atom stereocenters. The fraction of sp³-hybridized carbons (Fsp3) is 0.333. The molecule has 1 saturated heterocycles. The SMILES string of the molecule is Cc1cccc(S(=O)(=O)N2C[C@@H](CN)[C@H](c3ccccc3)C2)c1. The third-order valence-electron chi connectivity index (χ3n) is 4.57. The van der Waals surface area contributed by atoms with E-state index >= 15 is 0 Å². The Morgan fingerprint density at radius 2 is 1.83 bits per heavy atom. The van der Waals surface area contributed by atoms with Crippen LogP contribution in [0.1, 0.15) is 17.0 Å². The van der Waals surface area contributed by atoms with E-state index in [1.165, 1.54) is 0 Å². The molecular weight excluding hydrogens is 308 g/mol. The molecule has 4 nitrogen and oxygen atoms in total. The van der Waals surface area contributed by atoms with Crippen molar-refractivity contribution in [3.05, 3.63) is 65.7 Å². The molecule has 1 fully saturated rings. The number of hydrogen-bond acceptors (Lipinski definition) is 3. The first-order valence-corrected chi connectivity index (χ1v) is 9.28. The molecular formula is C18H22N2O2S. The fourth-order valence-electron chi connectivity index (χ4n) is 3.27. The summed E-state index contributed by atoms with van der Waals surface area (Å²) in [6, 6.07) is 17.1. The Labute approximate surface area is 138 Å². The standard InChI is InChI=1S/C18H22N2O2S/c1-14-6-5-9-17(10-14)23(21,22)20-12-16(11-19)18(13-20)15-7-3-2-4-8-15/h2-10,16,18H,11-13,19H2,1H3/t16-,18+/m1/s1. The highest BCUT2D eigenvalue weighted by molar-refractivity contribution is 7.89. The maximum Gasteiger partial charge on any atom is 0.243 e. The van der Waals surface area contributed by atoms with Crippen LogP contribution in [-0.4, -0.2) is 32.4 Å². The Morgan fingerprint density at radius 3 is 2.48 bits per heavy atom. The van der Waals surface area contributed by atoms with E-state index in [0.29, 0.717) is 24.5 Å². The second kappa shape index (κ2) is 6.43. The lowest BCUT2D eigenvalue weighted by Crippen LogP contribution is -2.30. The summed E-state index contributed by atoms with van der Waals surface area (Å²) in [5, 5.41) is 0. The molecule has 2 N–H and O–H groups in total. The molecule has 0 bridgehead atoms. The molecule has 2 aromatic rings. The van der Waals surface area contributed by atoms with Gasteiger partial charge >= 0.3 is 0 Å². The minimum atomic E-state index is -3.47. The summed E-state index contributed by atoms with van der Waals surface area (Å²) in [7, 11) is -3.47. The Bertz CT molecular complexity index is 775. The van der Waals surface area contributed by atoms with Crippen molar-refractivity contribution in [3.8, 4) is 0 Å². The largest absolute Gasteiger partial charge is 0.330 e. The van der Waals surface area contributed by atoms with Crippen molar-refractivity contribution in [2.24, 2.45) is 11.7 Å². The van der Waals surface area contributed by atoms with Crippen molar-refractivity contribution in [1.29, 1.82) is 0 Å². The molecule has 3 rings (SSSR count). The van der Waals surface area contributed by atoms with Gasteiger partial charge in [0.15, 0.2) is 0 Å². The van der Waals surface area contributed by atoms with E-state index < -0.39 is 10.0 Å². The van der Waals surface area contributed by atoms with Gasteiger partial charge in [-0.2, -0.15) is 4.31 Å². The monoisotopic (exact) mass is 330 g/mol. The zero-order valence-corrected chi connectivity index (χ0v) is 14.0. The molecule has 122 valence electrons. The molecule has 0 radical (unpaired) electrons. The van der Waals surface area contributed by atoms with Gasteiger partial charge in [-0.1, -0.05) is 42.5 Å². The summed E-state index contributed by atoms with van der Waals surface area (Å²) in [6.45, 7) is 3.35. The highest BCUT2D eigenvalue weighted by Gasteiger charge is 2.39. The van der Waals surface area contributed by atoms with Crippen LogP contribution in [0.3, 0.4) is 0 Å². The van der Waals surface area contributed by atoms with Gasteiger partial charge in [-0.3, -0.25) is 0 Å². The lowest BCUT2D eigenvalue weighted by molar-refractivity contribution is 0.459. The quantitative estimate of drug-likeness (QED) is 0.936. The maximum atomic E-state index is 12.9. The summed E-state index contributed by atoms with van der Waals surface area (Å²) in [5.74, 6) is 0.303. The lowest BCUT2D eigenvalue weighted by Gasteiger charge is -2.17. The summed E-state index contributed by atoms with van der Waals surface area (Å²) in [6.07, 6.45) is 0. The third-order valence-corrected chi connectivity index (χ3v) is 6.39. The molecule has 23 heavy (non-hydrogen) atoms. The molecule has 0 spiro atoms. The number of nitrogens with zero attached hydrogens (tertiary/aromatic N) is 1. The van der Waals surface area contributed by atoms with Crippen LogP contribution in [-0.2, 0) is 10.0 Å². The van der Waals surface area contributed by atoms with Crippen LogP contribution in [0.25, 0.3) is 0 Å². The fourth-order valence-corrected chi connectivity index (χ4v) is 4.90. The molecule has 5 heteroatoms. The van der Waals surface area contributed by atoms with Gasteiger partial charge in [0.1, 0.15) is 0 Å². The number of sulfonamides is 1. The zero-order valence-electron chi connectivity index (χ0n) is 13.2. The summed E-state index contributed by atoms with van der Waals surface area (Å²) in [5.41, 5.74) is 8.01. The van der Waals surface area contributed by atoms with E-state index in [4.69, 9.17) is 5.73 Å². The van der Waals surface area contributed by atoms with Gasteiger partial charge in [0.2, 0.25) is 10.0 Å². The van der Waals surface area contributed by atoms with Gasteiger partial charge in [0.05, 0.1) is 4.90 Å². The van der Waals surface area contributed by atoms with Crippen LogP contribution >= 0.6 is 0 Å². The number of rotatable bonds is 4. The van der Waals surface area contributed by atoms with Crippen LogP contribution in [0.15, 0.2) is 59.5 Å². The maximum absolute atomic E-state index is 12.9. The van der Waals surface area contributed by atoms with E-state index in [1.807, 2.05) is 31.2 Å². The Balaban J connectivity index is 1.90. The van der Waals surface area contributed by atoms with Crippen molar-refractivity contribution in [2.75, 3.05) is 19.6 Å². The Kier molecular flexibility index (Phi) is 4.53. The minimum absolute atomic E-state index is 0.150. The van der Waals surface area contributed by atoms with Crippen molar-refractivity contribution < 1.29 is 8.42 Å². The van der Waals surface area contributed by atoms with Crippen LogP contribution in [0, 0.1) is 12.8 Å². The van der Waals surface area contributed by atoms with Crippen LogP contribution in [0.5, 0.6) is 0 Å². The molecule has 1 aliphatic rings. The van der Waals surface area contributed by atoms with Gasteiger partial charge in [-0.05, 0) is 42.6 Å². The Hall–Kier alpha value is -1.69. The third kappa shape index (κ3) is 3.17. The van der Waals surface area contributed by atoms with Crippen molar-refractivity contribution in [2.45, 2.75) is 17.7 Å². The van der Waals surface area contributed by atoms with Crippen molar-refractivity contribution in [1.82, 2.24) is 4.31 Å². The molecule has 2 aromatic carbocycles. The second-order valence-electron chi connectivity index (χ2n) is 6.15. The van der Waals surface area contributed by atoms with Gasteiger partial charge in [-0.15, -0.1) is 0 Å². The van der Waals surface area contributed by atoms with Gasteiger partial charge in [-0.25, -0.2) is 8.42 Å². The van der Waals surface area contributed by atoms with Crippen LogP contribution < -0.4 is 5.73 Å². The molecule has 0 aliphatic carbocycles. The number of aryl methyl sites for hydroxylation is 1. The van der Waals surface area contributed by atoms with Gasteiger partial charge in [0.25, 0.3) is 0 Å². The van der Waals surface area contributed by atoms with Crippen LogP contribution in [0.2, 0.25) is 0 Å². The van der Waals surface area contributed by atoms with E-state index in [9.17, 15) is 8.42 Å². The molecule has 1 heterocycles. The number of benzene rings is 2. The lowest BCUT2D eigenvalue weighted by atomic mass is 9.89. The van der Waals surface area contributed by atoms with E-state index in [2.05, 4.69) is 12.1 Å². The van der Waals surface area contributed by atoms with Crippen molar-refractivity contribution in [3.63, 3.8) is 0 Å². The normalized spacial score (nSPS) is 22.3. The molecule has 0 amide bonds. The van der Waals surface area contributed by atoms with E-state index in [-0.39, 0.29) is 11.8 Å². The summed E-state index contributed by atoms with van der Waals surface area (Å²) < 4.78 is 27.4. The predicted octanol–water partition coefficient (Wildman–Crippen LogP) is 2.36. The molecule has 2 atom stereocenters. The molecule has 0 aromatic heterocycles. The average molecular weight is 330 g/mol. The smallest absolute Gasteiger partial charge is 0.243 e. The average Bonchev–Trinajstić information content (AvgIpc) is 3.01. The Morgan fingerprint density at radius 1 is 1.09 bits per heavy atom. The van der Waals surface area contributed by atoms with Crippen molar-refractivity contribution >= 4 is 10.0 Å². The van der Waals surface area contributed by atoms with Crippen LogP contribution in [0.4, 0.5) is 0 Å². The van der Waals surface area contributed by atoms with Gasteiger partial charge in [0, 0.05) is 19.0 Å². The zero-order chi connectivity index (χ0) is 16.4. The molecule has 1 aliphatic heterocycles. The number of hydrogen-bond donors (Lipinski definition) is 1. The minimum Gasteiger partial charge on any atom is -0.330 e. The first-order valence-electron chi connectivity index (χ1n) is 7.84.